The van der Waals surface area contributed by atoms with Crippen LogP contribution in [0.25, 0.3) is 6.08 Å². The Kier molecular flexibility index (Phi) is 5.08. The second-order valence-electron chi connectivity index (χ2n) is 5.38. The first-order valence-electron chi connectivity index (χ1n) is 7.24. The molecule has 7 heteroatoms. The molecule has 0 aromatic heterocycles. The Morgan fingerprint density at radius 1 is 1.28 bits per heavy atom. The molecule has 25 heavy (non-hydrogen) atoms. The molecule has 0 spiro atoms. The normalized spacial score (nSPS) is 15.9. The third-order valence-electron chi connectivity index (χ3n) is 3.65. The lowest BCUT2D eigenvalue weighted by Crippen LogP contribution is -2.27. The maximum Gasteiger partial charge on any atom is 0.336 e. The number of nitrogens with zero attached hydrogens (tertiary/aromatic N) is 1. The summed E-state index contributed by atoms with van der Waals surface area (Å²) in [6.07, 6.45) is 1.77. The largest absolute Gasteiger partial charge is 0.478 e. The number of halogens is 1. The number of carbonyl (C=O) groups is 2. The number of hydrogen-bond acceptors (Lipinski definition) is 4. The fraction of sp³-hybridized carbons (Fsp3) is 0.0556. The molecule has 0 unspecified atom stereocenters. The summed E-state index contributed by atoms with van der Waals surface area (Å²) >= 11 is 9.94. The monoisotopic (exact) mass is 433 g/mol. The Labute approximate surface area is 162 Å². The van der Waals surface area contributed by atoms with Crippen molar-refractivity contribution in [2.45, 2.75) is 6.92 Å². The van der Waals surface area contributed by atoms with Crippen molar-refractivity contribution in [1.82, 2.24) is 0 Å². The van der Waals surface area contributed by atoms with Gasteiger partial charge in [0, 0.05) is 4.47 Å². The first kappa shape index (κ1) is 17.8. The highest BCUT2D eigenvalue weighted by Crippen LogP contribution is 2.36. The van der Waals surface area contributed by atoms with E-state index in [4.69, 9.17) is 12.2 Å². The maximum atomic E-state index is 12.8. The number of rotatable bonds is 3. The van der Waals surface area contributed by atoms with Crippen LogP contribution >= 0.6 is 39.9 Å². The van der Waals surface area contributed by atoms with Gasteiger partial charge in [-0.15, -0.1) is 0 Å². The van der Waals surface area contributed by atoms with E-state index in [-0.39, 0.29) is 11.5 Å². The molecule has 3 rings (SSSR count). The average Bonchev–Trinajstić information content (AvgIpc) is 2.82. The number of thioether (sulfide) groups is 1. The van der Waals surface area contributed by atoms with Gasteiger partial charge in [0.1, 0.15) is 0 Å². The summed E-state index contributed by atoms with van der Waals surface area (Å²) in [7, 11) is 0. The maximum absolute atomic E-state index is 12.8. The predicted molar refractivity (Wildman–Crippen MR) is 108 cm³/mol. The number of aryl methyl sites for hydroxylation is 1. The molecule has 0 saturated carbocycles. The van der Waals surface area contributed by atoms with Gasteiger partial charge in [0.25, 0.3) is 5.91 Å². The van der Waals surface area contributed by atoms with Crippen LogP contribution in [-0.4, -0.2) is 21.3 Å². The third-order valence-corrected chi connectivity index (χ3v) is 5.45. The van der Waals surface area contributed by atoms with E-state index >= 15 is 0 Å². The molecule has 2 aromatic rings. The van der Waals surface area contributed by atoms with Crippen LogP contribution in [0.3, 0.4) is 0 Å². The van der Waals surface area contributed by atoms with Gasteiger partial charge in [0.2, 0.25) is 0 Å². The standard InChI is InChI=1S/C18H12BrNO3S2/c1-10-5-6-13(9-14(10)17(22)23)20-16(21)15(25-18(20)24)8-11-3-2-4-12(19)7-11/h2-9H,1H3,(H,22,23)/b15-8-. The quantitative estimate of drug-likeness (QED) is 0.552. The number of carbonyl (C=O) groups excluding carboxylic acids is 1. The number of aromatic carboxylic acids is 1. The molecule has 0 bridgehead atoms. The number of carboxylic acids is 1. The van der Waals surface area contributed by atoms with Gasteiger partial charge in [-0.2, -0.15) is 0 Å². The van der Waals surface area contributed by atoms with Crippen LogP contribution in [0.4, 0.5) is 5.69 Å². The number of amides is 1. The number of hydrogen-bond donors (Lipinski definition) is 1. The molecule has 1 heterocycles. The zero-order chi connectivity index (χ0) is 18.1. The van der Waals surface area contributed by atoms with Crippen molar-refractivity contribution >= 4 is 67.9 Å². The third kappa shape index (κ3) is 3.68. The molecule has 1 aliphatic rings. The molecule has 1 fully saturated rings. The van der Waals surface area contributed by atoms with Gasteiger partial charge in [0.15, 0.2) is 4.32 Å². The fourth-order valence-electron chi connectivity index (χ4n) is 2.42. The molecule has 1 N–H and O–H groups in total. The first-order chi connectivity index (χ1) is 11.9. The van der Waals surface area contributed by atoms with Crippen molar-refractivity contribution in [3.63, 3.8) is 0 Å². The molecule has 1 aliphatic heterocycles. The van der Waals surface area contributed by atoms with E-state index in [2.05, 4.69) is 15.9 Å². The molecule has 4 nitrogen and oxygen atoms in total. The van der Waals surface area contributed by atoms with Crippen LogP contribution in [0.15, 0.2) is 51.8 Å². The summed E-state index contributed by atoms with van der Waals surface area (Å²) in [5.41, 5.74) is 2.13. The fourth-order valence-corrected chi connectivity index (χ4v) is 4.13. The Balaban J connectivity index is 1.97. The molecule has 126 valence electrons. The van der Waals surface area contributed by atoms with E-state index in [1.807, 2.05) is 24.3 Å². The average molecular weight is 434 g/mol. The first-order valence-corrected chi connectivity index (χ1v) is 9.26. The highest BCUT2D eigenvalue weighted by atomic mass is 79.9. The SMILES string of the molecule is Cc1ccc(N2C(=O)/C(=C/c3cccc(Br)c3)SC2=S)cc1C(=O)O. The van der Waals surface area contributed by atoms with E-state index in [1.54, 1.807) is 25.1 Å². The van der Waals surface area contributed by atoms with Crippen LogP contribution in [0, 0.1) is 6.92 Å². The summed E-state index contributed by atoms with van der Waals surface area (Å²) in [6.45, 7) is 1.71. The number of thiocarbonyl (C=S) groups is 1. The van der Waals surface area contributed by atoms with E-state index in [0.29, 0.717) is 20.5 Å². The van der Waals surface area contributed by atoms with E-state index in [0.717, 1.165) is 10.0 Å². The lowest BCUT2D eigenvalue weighted by molar-refractivity contribution is -0.113. The van der Waals surface area contributed by atoms with Gasteiger partial charge in [-0.3, -0.25) is 9.69 Å². The molecule has 0 aliphatic carbocycles. The minimum atomic E-state index is -1.03. The Hall–Kier alpha value is -1.96. The van der Waals surface area contributed by atoms with Crippen LogP contribution in [0.2, 0.25) is 0 Å². The smallest absolute Gasteiger partial charge is 0.336 e. The molecular formula is C18H12BrNO3S2. The van der Waals surface area contributed by atoms with Gasteiger partial charge >= 0.3 is 5.97 Å². The summed E-state index contributed by atoms with van der Waals surface area (Å²) < 4.78 is 1.30. The predicted octanol–water partition coefficient (Wildman–Crippen LogP) is 4.86. The zero-order valence-corrected chi connectivity index (χ0v) is 16.2. The van der Waals surface area contributed by atoms with Crippen molar-refractivity contribution in [1.29, 1.82) is 0 Å². The van der Waals surface area contributed by atoms with Crippen molar-refractivity contribution < 1.29 is 14.7 Å². The Morgan fingerprint density at radius 3 is 2.72 bits per heavy atom. The van der Waals surface area contributed by atoms with Crippen LogP contribution < -0.4 is 4.90 Å². The van der Waals surface area contributed by atoms with E-state index < -0.39 is 5.97 Å². The molecule has 0 atom stereocenters. The molecule has 0 radical (unpaired) electrons. The van der Waals surface area contributed by atoms with Crippen molar-refractivity contribution in [2.24, 2.45) is 0 Å². The van der Waals surface area contributed by atoms with Crippen molar-refractivity contribution in [3.05, 3.63) is 68.5 Å². The molecule has 1 saturated heterocycles. The molecular weight excluding hydrogens is 422 g/mol. The van der Waals surface area contributed by atoms with Crippen LogP contribution in [0.5, 0.6) is 0 Å². The van der Waals surface area contributed by atoms with Gasteiger partial charge in [-0.1, -0.05) is 58.1 Å². The minimum Gasteiger partial charge on any atom is -0.478 e. The van der Waals surface area contributed by atoms with Crippen molar-refractivity contribution in [2.75, 3.05) is 4.90 Å². The summed E-state index contributed by atoms with van der Waals surface area (Å²) in [5, 5.41) is 9.28. The molecule has 1 amide bonds. The van der Waals surface area contributed by atoms with Gasteiger partial charge in [-0.05, 0) is 48.4 Å². The van der Waals surface area contributed by atoms with Crippen LogP contribution in [0.1, 0.15) is 21.5 Å². The highest BCUT2D eigenvalue weighted by molar-refractivity contribution is 9.10. The highest BCUT2D eigenvalue weighted by Gasteiger charge is 2.33. The Bertz CT molecular complexity index is 940. The summed E-state index contributed by atoms with van der Waals surface area (Å²) in [5.74, 6) is -1.29. The Morgan fingerprint density at radius 2 is 2.04 bits per heavy atom. The lowest BCUT2D eigenvalue weighted by Gasteiger charge is -2.15. The second kappa shape index (κ2) is 7.11. The summed E-state index contributed by atoms with van der Waals surface area (Å²) in [4.78, 5) is 26.0. The zero-order valence-electron chi connectivity index (χ0n) is 13.0. The van der Waals surface area contributed by atoms with Gasteiger partial charge < -0.3 is 5.11 Å². The topological polar surface area (TPSA) is 57.6 Å². The number of benzene rings is 2. The van der Waals surface area contributed by atoms with E-state index in [1.165, 1.54) is 22.7 Å². The molecule has 2 aromatic carbocycles. The van der Waals surface area contributed by atoms with Gasteiger partial charge in [-0.25, -0.2) is 4.79 Å². The summed E-state index contributed by atoms with van der Waals surface area (Å²) in [6, 6.07) is 12.4. The van der Waals surface area contributed by atoms with Crippen LogP contribution in [-0.2, 0) is 4.79 Å². The number of anilines is 1. The lowest BCUT2D eigenvalue weighted by atomic mass is 10.1. The number of carboxylic acid groups (broad SMARTS) is 1. The van der Waals surface area contributed by atoms with E-state index in [9.17, 15) is 14.7 Å². The minimum absolute atomic E-state index is 0.155. The van der Waals surface area contributed by atoms with Gasteiger partial charge in [0.05, 0.1) is 16.2 Å². The van der Waals surface area contributed by atoms with Crippen molar-refractivity contribution in [3.8, 4) is 0 Å². The second-order valence-corrected chi connectivity index (χ2v) is 7.97.